The Balaban J connectivity index is 2.50. The minimum atomic E-state index is -4.09. The zero-order chi connectivity index (χ0) is 27.4. The standard InChI is InChI=1S/C24H29Cl2F2N3O4S/c1-6-21(23(33)29-24(2,3)4)30(13-15-7-9-17(25)18(26)11-15)22(32)14-31(36(5,34)35)16-8-10-19(27)20(28)12-16/h7-12,21H,6,13-14H2,1-5H3,(H,29,33)/t21-/m1/s1. The van der Waals surface area contributed by atoms with E-state index in [0.717, 1.165) is 18.4 Å². The molecule has 0 saturated carbocycles. The Hall–Kier alpha value is -2.43. The van der Waals surface area contributed by atoms with Crippen molar-refractivity contribution in [2.45, 2.75) is 52.2 Å². The summed E-state index contributed by atoms with van der Waals surface area (Å²) in [6.45, 7) is 6.25. The van der Waals surface area contributed by atoms with Crippen molar-refractivity contribution in [3.05, 3.63) is 63.6 Å². The van der Waals surface area contributed by atoms with Gasteiger partial charge in [0.05, 0.1) is 22.0 Å². The second-order valence-electron chi connectivity index (χ2n) is 9.30. The lowest BCUT2D eigenvalue weighted by Gasteiger charge is -2.34. The molecule has 0 aliphatic carbocycles. The Morgan fingerprint density at radius 2 is 1.67 bits per heavy atom. The van der Waals surface area contributed by atoms with E-state index in [1.165, 1.54) is 4.90 Å². The molecule has 1 N–H and O–H groups in total. The second kappa shape index (κ2) is 11.7. The van der Waals surface area contributed by atoms with E-state index in [1.54, 1.807) is 45.9 Å². The van der Waals surface area contributed by atoms with Gasteiger partial charge in [-0.05, 0) is 57.0 Å². The molecule has 0 fully saturated rings. The molecule has 0 aliphatic rings. The fraction of sp³-hybridized carbons (Fsp3) is 0.417. The van der Waals surface area contributed by atoms with Crippen LogP contribution in [-0.2, 0) is 26.2 Å². The van der Waals surface area contributed by atoms with Crippen molar-refractivity contribution < 1.29 is 26.8 Å². The highest BCUT2D eigenvalue weighted by Crippen LogP contribution is 2.25. The molecule has 2 aromatic carbocycles. The van der Waals surface area contributed by atoms with Crippen LogP contribution in [0.3, 0.4) is 0 Å². The summed E-state index contributed by atoms with van der Waals surface area (Å²) < 4.78 is 53.0. The molecule has 198 valence electrons. The number of amides is 2. The van der Waals surface area contributed by atoms with Gasteiger partial charge in [0.1, 0.15) is 12.6 Å². The first-order valence-corrected chi connectivity index (χ1v) is 13.6. The van der Waals surface area contributed by atoms with E-state index >= 15 is 0 Å². The summed E-state index contributed by atoms with van der Waals surface area (Å²) >= 11 is 12.1. The minimum Gasteiger partial charge on any atom is -0.350 e. The van der Waals surface area contributed by atoms with Gasteiger partial charge in [-0.25, -0.2) is 17.2 Å². The number of carbonyl (C=O) groups excluding carboxylic acids is 2. The van der Waals surface area contributed by atoms with Crippen LogP contribution in [0.4, 0.5) is 14.5 Å². The number of hydrogen-bond donors (Lipinski definition) is 1. The number of benzene rings is 2. The molecule has 1 atom stereocenters. The Morgan fingerprint density at radius 3 is 2.17 bits per heavy atom. The van der Waals surface area contributed by atoms with Crippen LogP contribution >= 0.6 is 23.2 Å². The monoisotopic (exact) mass is 563 g/mol. The van der Waals surface area contributed by atoms with Crippen molar-refractivity contribution in [2.75, 3.05) is 17.1 Å². The summed E-state index contributed by atoms with van der Waals surface area (Å²) in [5, 5.41) is 3.38. The van der Waals surface area contributed by atoms with Crippen molar-refractivity contribution in [1.29, 1.82) is 0 Å². The predicted octanol–water partition coefficient (Wildman–Crippen LogP) is 4.76. The highest BCUT2D eigenvalue weighted by Gasteiger charge is 2.33. The van der Waals surface area contributed by atoms with Gasteiger partial charge in [-0.15, -0.1) is 0 Å². The molecule has 36 heavy (non-hydrogen) atoms. The third-order valence-electron chi connectivity index (χ3n) is 5.09. The van der Waals surface area contributed by atoms with Crippen molar-refractivity contribution in [3.63, 3.8) is 0 Å². The molecule has 2 aromatic rings. The van der Waals surface area contributed by atoms with Crippen molar-refractivity contribution in [1.82, 2.24) is 10.2 Å². The maximum atomic E-state index is 13.9. The van der Waals surface area contributed by atoms with E-state index in [1.807, 2.05) is 0 Å². The number of carbonyl (C=O) groups is 2. The molecule has 2 rings (SSSR count). The molecular formula is C24H29Cl2F2N3O4S. The first-order chi connectivity index (χ1) is 16.5. The lowest BCUT2D eigenvalue weighted by molar-refractivity contribution is -0.141. The molecule has 7 nitrogen and oxygen atoms in total. The number of anilines is 1. The summed E-state index contributed by atoms with van der Waals surface area (Å²) in [6, 6.07) is 6.28. The molecule has 0 unspecified atom stereocenters. The lowest BCUT2D eigenvalue weighted by atomic mass is 10.1. The number of nitrogens with zero attached hydrogens (tertiary/aromatic N) is 2. The van der Waals surface area contributed by atoms with Gasteiger partial charge in [0, 0.05) is 18.2 Å². The lowest BCUT2D eigenvalue weighted by Crippen LogP contribution is -2.55. The van der Waals surface area contributed by atoms with E-state index in [4.69, 9.17) is 23.2 Å². The Kier molecular flexibility index (Phi) is 9.72. The van der Waals surface area contributed by atoms with Crippen molar-refractivity contribution in [3.8, 4) is 0 Å². The van der Waals surface area contributed by atoms with Gasteiger partial charge in [-0.2, -0.15) is 0 Å². The zero-order valence-electron chi connectivity index (χ0n) is 20.6. The van der Waals surface area contributed by atoms with Crippen molar-refractivity contribution >= 4 is 50.7 Å². The molecule has 12 heteroatoms. The fourth-order valence-corrected chi connectivity index (χ4v) is 4.62. The van der Waals surface area contributed by atoms with E-state index < -0.39 is 51.6 Å². The first-order valence-electron chi connectivity index (χ1n) is 11.0. The Labute approximate surface area is 220 Å². The van der Waals surface area contributed by atoms with E-state index in [9.17, 15) is 26.8 Å². The van der Waals surface area contributed by atoms with Gasteiger partial charge in [0.2, 0.25) is 21.8 Å². The average molecular weight is 564 g/mol. The fourth-order valence-electron chi connectivity index (χ4n) is 3.46. The van der Waals surface area contributed by atoms with Crippen LogP contribution in [0, 0.1) is 11.6 Å². The molecule has 0 aromatic heterocycles. The molecule has 0 aliphatic heterocycles. The van der Waals surface area contributed by atoms with Gasteiger partial charge >= 0.3 is 0 Å². The zero-order valence-corrected chi connectivity index (χ0v) is 22.9. The number of nitrogens with one attached hydrogen (secondary N) is 1. The smallest absolute Gasteiger partial charge is 0.244 e. The van der Waals surface area contributed by atoms with Crippen LogP contribution in [0.25, 0.3) is 0 Å². The first kappa shape index (κ1) is 29.8. The highest BCUT2D eigenvalue weighted by molar-refractivity contribution is 7.92. The van der Waals surface area contributed by atoms with Crippen LogP contribution in [0.5, 0.6) is 0 Å². The minimum absolute atomic E-state index is 0.0822. The summed E-state index contributed by atoms with van der Waals surface area (Å²) in [5.74, 6) is -3.59. The highest BCUT2D eigenvalue weighted by atomic mass is 35.5. The summed E-state index contributed by atoms with van der Waals surface area (Å²) in [4.78, 5) is 27.9. The van der Waals surface area contributed by atoms with Crippen LogP contribution in [0.2, 0.25) is 10.0 Å². The Bertz CT molecular complexity index is 1240. The van der Waals surface area contributed by atoms with E-state index in [0.29, 0.717) is 21.0 Å². The van der Waals surface area contributed by atoms with Gasteiger partial charge in [0.15, 0.2) is 11.6 Å². The molecule has 2 amide bonds. The third kappa shape index (κ3) is 8.04. The maximum absolute atomic E-state index is 13.9. The van der Waals surface area contributed by atoms with E-state index in [2.05, 4.69) is 5.32 Å². The number of sulfonamides is 1. The predicted molar refractivity (Wildman–Crippen MR) is 138 cm³/mol. The molecule has 0 heterocycles. The van der Waals surface area contributed by atoms with Crippen LogP contribution in [0.15, 0.2) is 36.4 Å². The molecule has 0 bridgehead atoms. The topological polar surface area (TPSA) is 86.8 Å². The summed E-state index contributed by atoms with van der Waals surface area (Å²) in [7, 11) is -4.09. The van der Waals surface area contributed by atoms with Crippen molar-refractivity contribution in [2.24, 2.45) is 0 Å². The quantitative estimate of drug-likeness (QED) is 0.476. The Morgan fingerprint density at radius 1 is 1.03 bits per heavy atom. The second-order valence-corrected chi connectivity index (χ2v) is 12.0. The summed E-state index contributed by atoms with van der Waals surface area (Å²) in [6.07, 6.45) is 1.06. The number of rotatable bonds is 9. The van der Waals surface area contributed by atoms with Crippen LogP contribution in [0.1, 0.15) is 39.7 Å². The van der Waals surface area contributed by atoms with E-state index in [-0.39, 0.29) is 23.7 Å². The van der Waals surface area contributed by atoms with Crippen LogP contribution in [-0.4, -0.2) is 49.5 Å². The number of halogens is 4. The largest absolute Gasteiger partial charge is 0.350 e. The summed E-state index contributed by atoms with van der Waals surface area (Å²) in [5.41, 5.74) is -0.266. The SMILES string of the molecule is CC[C@H](C(=O)NC(C)(C)C)N(Cc1ccc(Cl)c(Cl)c1)C(=O)CN(c1ccc(F)c(F)c1)S(C)(=O)=O. The maximum Gasteiger partial charge on any atom is 0.244 e. The van der Waals surface area contributed by atoms with Gasteiger partial charge < -0.3 is 10.2 Å². The third-order valence-corrected chi connectivity index (χ3v) is 6.97. The van der Waals surface area contributed by atoms with Crippen LogP contribution < -0.4 is 9.62 Å². The molecule has 0 radical (unpaired) electrons. The molecule has 0 spiro atoms. The number of hydrogen-bond acceptors (Lipinski definition) is 4. The van der Waals surface area contributed by atoms with Gasteiger partial charge in [0.25, 0.3) is 0 Å². The normalized spacial score (nSPS) is 12.7. The molecular weight excluding hydrogens is 535 g/mol. The van der Waals surface area contributed by atoms with Gasteiger partial charge in [-0.3, -0.25) is 13.9 Å². The van der Waals surface area contributed by atoms with Gasteiger partial charge in [-0.1, -0.05) is 36.2 Å². The molecule has 0 saturated heterocycles. The average Bonchev–Trinajstić information content (AvgIpc) is 2.74.